The number of nitrogens with two attached hydrogens (primary N) is 1. The van der Waals surface area contributed by atoms with Gasteiger partial charge in [0.05, 0.1) is 0 Å². The molecular weight excluding hydrogens is 220 g/mol. The average molecular weight is 238 g/mol. The van der Waals surface area contributed by atoms with Gasteiger partial charge in [0.15, 0.2) is 0 Å². The van der Waals surface area contributed by atoms with Gasteiger partial charge in [-0.3, -0.25) is 0 Å². The lowest BCUT2D eigenvalue weighted by atomic mass is 9.90. The van der Waals surface area contributed by atoms with E-state index < -0.39 is 0 Å². The van der Waals surface area contributed by atoms with Gasteiger partial charge in [-0.25, -0.2) is 0 Å². The van der Waals surface area contributed by atoms with Crippen molar-refractivity contribution in [2.75, 3.05) is 12.3 Å². The summed E-state index contributed by atoms with van der Waals surface area (Å²) in [6, 6.07) is 17.2. The summed E-state index contributed by atoms with van der Waals surface area (Å²) in [5.74, 6) is 0. The van der Waals surface area contributed by atoms with Crippen molar-refractivity contribution in [1.82, 2.24) is 5.32 Å². The maximum atomic E-state index is 6.03. The lowest BCUT2D eigenvalue weighted by molar-refractivity contribution is 0.503. The van der Waals surface area contributed by atoms with Crippen LogP contribution >= 0.6 is 0 Å². The number of nitrogen functional groups attached to an aromatic ring is 1. The topological polar surface area (TPSA) is 38.0 Å². The van der Waals surface area contributed by atoms with Gasteiger partial charge in [0.1, 0.15) is 0 Å². The van der Waals surface area contributed by atoms with Crippen molar-refractivity contribution >= 4 is 5.69 Å². The van der Waals surface area contributed by atoms with E-state index in [1.807, 2.05) is 12.1 Å². The largest absolute Gasteiger partial charge is 0.399 e. The number of hydrogen-bond donors (Lipinski definition) is 2. The van der Waals surface area contributed by atoms with Crippen molar-refractivity contribution in [1.29, 1.82) is 0 Å². The molecule has 0 saturated carbocycles. The fourth-order valence-electron chi connectivity index (χ4n) is 2.71. The van der Waals surface area contributed by atoms with Crippen molar-refractivity contribution < 1.29 is 0 Å². The van der Waals surface area contributed by atoms with Crippen molar-refractivity contribution in [2.45, 2.75) is 18.9 Å². The number of nitrogens with one attached hydrogen (secondary N) is 1. The van der Waals surface area contributed by atoms with E-state index in [0.717, 1.165) is 25.1 Å². The smallest absolute Gasteiger partial charge is 0.0364 e. The Hall–Kier alpha value is -1.80. The second kappa shape index (κ2) is 4.83. The summed E-state index contributed by atoms with van der Waals surface area (Å²) in [6.07, 6.45) is 2.08. The fraction of sp³-hybridized carbons (Fsp3) is 0.250. The van der Waals surface area contributed by atoms with Crippen molar-refractivity contribution in [3.05, 3.63) is 65.2 Å². The Kier molecular flexibility index (Phi) is 3.03. The van der Waals surface area contributed by atoms with E-state index in [4.69, 9.17) is 5.73 Å². The highest BCUT2D eigenvalue weighted by molar-refractivity contribution is 5.47. The van der Waals surface area contributed by atoms with Crippen LogP contribution in [0.3, 0.4) is 0 Å². The van der Waals surface area contributed by atoms with E-state index in [9.17, 15) is 0 Å². The predicted octanol–water partition coefficient (Wildman–Crippen LogP) is 2.70. The van der Waals surface area contributed by atoms with E-state index in [1.54, 1.807) is 0 Å². The minimum Gasteiger partial charge on any atom is -0.399 e. The molecule has 0 bridgehead atoms. The quantitative estimate of drug-likeness (QED) is 0.789. The van der Waals surface area contributed by atoms with Gasteiger partial charge in [0, 0.05) is 11.7 Å². The first kappa shape index (κ1) is 11.3. The third kappa shape index (κ3) is 2.12. The van der Waals surface area contributed by atoms with Gasteiger partial charge in [-0.2, -0.15) is 0 Å². The van der Waals surface area contributed by atoms with Crippen molar-refractivity contribution in [3.63, 3.8) is 0 Å². The Labute approximate surface area is 108 Å². The van der Waals surface area contributed by atoms with Crippen LogP contribution < -0.4 is 11.1 Å². The molecule has 0 radical (unpaired) electrons. The lowest BCUT2D eigenvalue weighted by Crippen LogP contribution is -2.31. The number of fused-ring (bicyclic) bond motifs is 1. The first-order valence-corrected chi connectivity index (χ1v) is 6.49. The highest BCUT2D eigenvalue weighted by Crippen LogP contribution is 2.27. The molecule has 18 heavy (non-hydrogen) atoms. The standard InChI is InChI=1S/C16H18N2/c17-15-8-4-2-6-13(15)11-16-14-7-3-1-5-12(14)9-10-18-16/h1-8,16,18H,9-11,17H2. The van der Waals surface area contributed by atoms with Crippen LogP contribution in [0, 0.1) is 0 Å². The molecule has 2 aromatic carbocycles. The third-order valence-corrected chi connectivity index (χ3v) is 3.69. The molecule has 1 atom stereocenters. The van der Waals surface area contributed by atoms with E-state index in [-0.39, 0.29) is 0 Å². The SMILES string of the molecule is Nc1ccccc1CC1NCCc2ccccc21. The van der Waals surface area contributed by atoms with Crippen LogP contribution in [0.2, 0.25) is 0 Å². The second-order valence-corrected chi connectivity index (χ2v) is 4.86. The monoisotopic (exact) mass is 238 g/mol. The summed E-state index contributed by atoms with van der Waals surface area (Å²) in [5, 5.41) is 3.60. The third-order valence-electron chi connectivity index (χ3n) is 3.69. The molecular formula is C16H18N2. The molecule has 0 aromatic heterocycles. The summed E-state index contributed by atoms with van der Waals surface area (Å²) in [5.41, 5.74) is 11.0. The first-order chi connectivity index (χ1) is 8.84. The summed E-state index contributed by atoms with van der Waals surface area (Å²) in [6.45, 7) is 1.05. The van der Waals surface area contributed by atoms with Crippen molar-refractivity contribution in [3.8, 4) is 0 Å². The lowest BCUT2D eigenvalue weighted by Gasteiger charge is -2.27. The first-order valence-electron chi connectivity index (χ1n) is 6.49. The maximum Gasteiger partial charge on any atom is 0.0364 e. The molecule has 1 aliphatic rings. The highest BCUT2D eigenvalue weighted by atomic mass is 14.9. The van der Waals surface area contributed by atoms with Gasteiger partial charge in [-0.15, -0.1) is 0 Å². The van der Waals surface area contributed by atoms with Crippen LogP contribution in [0.5, 0.6) is 0 Å². The molecule has 0 saturated heterocycles. The minimum absolute atomic E-state index is 0.389. The van der Waals surface area contributed by atoms with E-state index in [2.05, 4.69) is 41.7 Å². The number of para-hydroxylation sites is 1. The normalized spacial score (nSPS) is 18.3. The van der Waals surface area contributed by atoms with Gasteiger partial charge in [-0.05, 0) is 42.1 Å². The van der Waals surface area contributed by atoms with Crippen LogP contribution in [-0.2, 0) is 12.8 Å². The molecule has 92 valence electrons. The number of rotatable bonds is 2. The Balaban J connectivity index is 1.89. The molecule has 2 nitrogen and oxygen atoms in total. The zero-order chi connectivity index (χ0) is 12.4. The zero-order valence-electron chi connectivity index (χ0n) is 10.4. The Morgan fingerprint density at radius 2 is 1.83 bits per heavy atom. The van der Waals surface area contributed by atoms with Crippen LogP contribution in [0.25, 0.3) is 0 Å². The van der Waals surface area contributed by atoms with Crippen LogP contribution in [0.1, 0.15) is 22.7 Å². The van der Waals surface area contributed by atoms with E-state index >= 15 is 0 Å². The average Bonchev–Trinajstić information content (AvgIpc) is 2.42. The molecule has 2 aromatic rings. The minimum atomic E-state index is 0.389. The van der Waals surface area contributed by atoms with E-state index in [0.29, 0.717) is 6.04 Å². The van der Waals surface area contributed by atoms with Crippen molar-refractivity contribution in [2.24, 2.45) is 0 Å². The second-order valence-electron chi connectivity index (χ2n) is 4.86. The summed E-state index contributed by atoms with van der Waals surface area (Å²) < 4.78 is 0. The highest BCUT2D eigenvalue weighted by Gasteiger charge is 2.19. The van der Waals surface area contributed by atoms with Gasteiger partial charge in [0.2, 0.25) is 0 Å². The summed E-state index contributed by atoms with van der Waals surface area (Å²) in [4.78, 5) is 0. The zero-order valence-corrected chi connectivity index (χ0v) is 10.4. The molecule has 2 heteroatoms. The van der Waals surface area contributed by atoms with Gasteiger partial charge in [-0.1, -0.05) is 42.5 Å². The molecule has 1 aliphatic heterocycles. The predicted molar refractivity (Wildman–Crippen MR) is 75.4 cm³/mol. The fourth-order valence-corrected chi connectivity index (χ4v) is 2.71. The Morgan fingerprint density at radius 3 is 2.72 bits per heavy atom. The van der Waals surface area contributed by atoms with Crippen LogP contribution in [0.4, 0.5) is 5.69 Å². The van der Waals surface area contributed by atoms with Gasteiger partial charge < -0.3 is 11.1 Å². The van der Waals surface area contributed by atoms with Crippen LogP contribution in [-0.4, -0.2) is 6.54 Å². The van der Waals surface area contributed by atoms with E-state index in [1.165, 1.54) is 16.7 Å². The van der Waals surface area contributed by atoms with Gasteiger partial charge >= 0.3 is 0 Å². The molecule has 0 aliphatic carbocycles. The maximum absolute atomic E-state index is 6.03. The Bertz CT molecular complexity index is 548. The molecule has 0 amide bonds. The summed E-state index contributed by atoms with van der Waals surface area (Å²) >= 11 is 0. The van der Waals surface area contributed by atoms with Crippen LogP contribution in [0.15, 0.2) is 48.5 Å². The molecule has 0 fully saturated rings. The molecule has 1 heterocycles. The number of benzene rings is 2. The molecule has 0 spiro atoms. The number of hydrogen-bond acceptors (Lipinski definition) is 2. The molecule has 3 rings (SSSR count). The summed E-state index contributed by atoms with van der Waals surface area (Å²) in [7, 11) is 0. The molecule has 3 N–H and O–H groups in total. The Morgan fingerprint density at radius 1 is 1.06 bits per heavy atom. The van der Waals surface area contributed by atoms with Gasteiger partial charge in [0.25, 0.3) is 0 Å². The molecule has 1 unspecified atom stereocenters. The number of anilines is 1.